The molecule has 1 saturated carbocycles. The molecule has 0 spiro atoms. The Morgan fingerprint density at radius 1 is 1.42 bits per heavy atom. The van der Waals surface area contributed by atoms with Crippen molar-refractivity contribution in [1.29, 1.82) is 0 Å². The van der Waals surface area contributed by atoms with Gasteiger partial charge >= 0.3 is 0 Å². The Bertz CT molecular complexity index is 127. The molecule has 0 bridgehead atoms. The van der Waals surface area contributed by atoms with Crippen molar-refractivity contribution in [3.8, 4) is 0 Å². The van der Waals surface area contributed by atoms with Gasteiger partial charge in [-0.3, -0.25) is 0 Å². The Morgan fingerprint density at radius 2 is 2.17 bits per heavy atom. The molecule has 1 aliphatic carbocycles. The number of rotatable bonds is 3. The van der Waals surface area contributed by atoms with Gasteiger partial charge < -0.3 is 5.11 Å². The van der Waals surface area contributed by atoms with Crippen molar-refractivity contribution in [3.05, 3.63) is 0 Å². The van der Waals surface area contributed by atoms with Gasteiger partial charge in [0.1, 0.15) is 0 Å². The monoisotopic (exact) mass is 170 g/mol. The van der Waals surface area contributed by atoms with Crippen molar-refractivity contribution in [2.75, 3.05) is 6.61 Å². The highest BCUT2D eigenvalue weighted by Gasteiger charge is 2.33. The minimum atomic E-state index is 0.291. The zero-order chi connectivity index (χ0) is 9.03. The van der Waals surface area contributed by atoms with E-state index in [1.165, 1.54) is 32.1 Å². The topological polar surface area (TPSA) is 20.2 Å². The van der Waals surface area contributed by atoms with Gasteiger partial charge in [-0.1, -0.05) is 33.1 Å². The Kier molecular flexibility index (Phi) is 3.57. The molecule has 2 unspecified atom stereocenters. The van der Waals surface area contributed by atoms with Gasteiger partial charge in [-0.25, -0.2) is 0 Å². The smallest absolute Gasteiger partial charge is 0.0487 e. The van der Waals surface area contributed by atoms with Gasteiger partial charge in [0.15, 0.2) is 0 Å². The second kappa shape index (κ2) is 4.27. The Morgan fingerprint density at radius 3 is 2.67 bits per heavy atom. The van der Waals surface area contributed by atoms with Crippen molar-refractivity contribution in [2.24, 2.45) is 11.3 Å². The molecule has 1 nitrogen and oxygen atoms in total. The fourth-order valence-corrected chi connectivity index (χ4v) is 2.51. The Balaban J connectivity index is 2.52. The van der Waals surface area contributed by atoms with Crippen molar-refractivity contribution < 1.29 is 5.11 Å². The van der Waals surface area contributed by atoms with Gasteiger partial charge in [0.2, 0.25) is 0 Å². The molecule has 0 saturated heterocycles. The summed E-state index contributed by atoms with van der Waals surface area (Å²) in [5.74, 6) is 0.880. The first-order valence-corrected chi connectivity index (χ1v) is 5.37. The third-order valence-corrected chi connectivity index (χ3v) is 3.70. The molecule has 0 aromatic carbocycles. The summed E-state index contributed by atoms with van der Waals surface area (Å²) in [4.78, 5) is 0. The van der Waals surface area contributed by atoms with Crippen LogP contribution in [0.5, 0.6) is 0 Å². The molecule has 0 heterocycles. The van der Waals surface area contributed by atoms with Gasteiger partial charge in [0.25, 0.3) is 0 Å². The molecule has 2 atom stereocenters. The number of hydrogen-bond acceptors (Lipinski definition) is 1. The van der Waals surface area contributed by atoms with Crippen LogP contribution in [0.1, 0.15) is 52.4 Å². The van der Waals surface area contributed by atoms with E-state index >= 15 is 0 Å². The summed E-state index contributed by atoms with van der Waals surface area (Å²) in [6.07, 6.45) is 7.67. The van der Waals surface area contributed by atoms with Crippen molar-refractivity contribution in [3.63, 3.8) is 0 Å². The maximum atomic E-state index is 9.35. The van der Waals surface area contributed by atoms with Crippen LogP contribution < -0.4 is 0 Å². The minimum absolute atomic E-state index is 0.291. The molecule has 1 N–H and O–H groups in total. The second-order valence-corrected chi connectivity index (χ2v) is 4.38. The SMILES string of the molecule is CCC1CCCC(CC)(CO)C1. The van der Waals surface area contributed by atoms with E-state index < -0.39 is 0 Å². The molecule has 1 rings (SSSR count). The molecule has 0 aliphatic heterocycles. The molecule has 1 aliphatic rings. The largest absolute Gasteiger partial charge is 0.396 e. The predicted octanol–water partition coefficient (Wildman–Crippen LogP) is 2.98. The number of aliphatic hydroxyl groups is 1. The van der Waals surface area contributed by atoms with Crippen LogP contribution in [0.25, 0.3) is 0 Å². The van der Waals surface area contributed by atoms with E-state index in [0.29, 0.717) is 12.0 Å². The molecule has 0 aromatic rings. The third kappa shape index (κ3) is 2.01. The van der Waals surface area contributed by atoms with Crippen molar-refractivity contribution in [2.45, 2.75) is 52.4 Å². The van der Waals surface area contributed by atoms with E-state index in [4.69, 9.17) is 0 Å². The van der Waals surface area contributed by atoms with Crippen molar-refractivity contribution >= 4 is 0 Å². The van der Waals surface area contributed by atoms with Crippen molar-refractivity contribution in [1.82, 2.24) is 0 Å². The fraction of sp³-hybridized carbons (Fsp3) is 1.00. The lowest BCUT2D eigenvalue weighted by Crippen LogP contribution is -2.31. The first-order valence-electron chi connectivity index (χ1n) is 5.37. The summed E-state index contributed by atoms with van der Waals surface area (Å²) < 4.78 is 0. The van der Waals surface area contributed by atoms with Crippen LogP contribution in [0.2, 0.25) is 0 Å². The van der Waals surface area contributed by atoms with Gasteiger partial charge in [-0.2, -0.15) is 0 Å². The number of aliphatic hydroxyl groups excluding tert-OH is 1. The summed E-state index contributed by atoms with van der Waals surface area (Å²) >= 11 is 0. The average Bonchev–Trinajstić information content (AvgIpc) is 2.18. The first kappa shape index (κ1) is 10.0. The zero-order valence-corrected chi connectivity index (χ0v) is 8.47. The lowest BCUT2D eigenvalue weighted by Gasteiger charge is -2.38. The van der Waals surface area contributed by atoms with E-state index in [1.807, 2.05) is 0 Å². The summed E-state index contributed by atoms with van der Waals surface area (Å²) in [5.41, 5.74) is 0.291. The van der Waals surface area contributed by atoms with Gasteiger partial charge in [0, 0.05) is 6.61 Å². The molecule has 72 valence electrons. The standard InChI is InChI=1S/C11H22O/c1-3-10-6-5-7-11(4-2,8-10)9-12/h10,12H,3-9H2,1-2H3. The highest BCUT2D eigenvalue weighted by Crippen LogP contribution is 2.42. The molecule has 0 amide bonds. The molecule has 0 radical (unpaired) electrons. The predicted molar refractivity (Wildman–Crippen MR) is 52.1 cm³/mol. The summed E-state index contributed by atoms with van der Waals surface area (Å²) in [7, 11) is 0. The summed E-state index contributed by atoms with van der Waals surface area (Å²) in [6.45, 7) is 4.89. The van der Waals surface area contributed by atoms with Gasteiger partial charge in [0.05, 0.1) is 0 Å². The Hall–Kier alpha value is -0.0400. The van der Waals surface area contributed by atoms with Gasteiger partial charge in [-0.05, 0) is 30.6 Å². The molecule has 1 heteroatoms. The quantitative estimate of drug-likeness (QED) is 0.690. The fourth-order valence-electron chi connectivity index (χ4n) is 2.51. The van der Waals surface area contributed by atoms with E-state index in [-0.39, 0.29) is 0 Å². The van der Waals surface area contributed by atoms with Crippen LogP contribution in [0.3, 0.4) is 0 Å². The average molecular weight is 170 g/mol. The molecular weight excluding hydrogens is 148 g/mol. The summed E-state index contributed by atoms with van der Waals surface area (Å²) in [6, 6.07) is 0. The minimum Gasteiger partial charge on any atom is -0.396 e. The van der Waals surface area contributed by atoms with Crippen LogP contribution in [0, 0.1) is 11.3 Å². The summed E-state index contributed by atoms with van der Waals surface area (Å²) in [5, 5.41) is 9.35. The van der Waals surface area contributed by atoms with E-state index in [2.05, 4.69) is 13.8 Å². The van der Waals surface area contributed by atoms with E-state index in [0.717, 1.165) is 12.3 Å². The van der Waals surface area contributed by atoms with E-state index in [9.17, 15) is 5.11 Å². The van der Waals surface area contributed by atoms with Crippen LogP contribution in [-0.4, -0.2) is 11.7 Å². The number of hydrogen-bond donors (Lipinski definition) is 1. The van der Waals surface area contributed by atoms with Crippen LogP contribution in [-0.2, 0) is 0 Å². The maximum Gasteiger partial charge on any atom is 0.0487 e. The molecule has 12 heavy (non-hydrogen) atoms. The van der Waals surface area contributed by atoms with Crippen LogP contribution in [0.15, 0.2) is 0 Å². The maximum absolute atomic E-state index is 9.35. The highest BCUT2D eigenvalue weighted by molar-refractivity contribution is 4.84. The highest BCUT2D eigenvalue weighted by atomic mass is 16.3. The third-order valence-electron chi connectivity index (χ3n) is 3.70. The van der Waals surface area contributed by atoms with E-state index in [1.54, 1.807) is 0 Å². The van der Waals surface area contributed by atoms with Crippen LogP contribution in [0.4, 0.5) is 0 Å². The molecule has 1 fully saturated rings. The van der Waals surface area contributed by atoms with Gasteiger partial charge in [-0.15, -0.1) is 0 Å². The molecule has 0 aromatic heterocycles. The molecular formula is C11H22O. The zero-order valence-electron chi connectivity index (χ0n) is 8.47. The van der Waals surface area contributed by atoms with Crippen LogP contribution >= 0.6 is 0 Å². The normalized spacial score (nSPS) is 36.8. The lowest BCUT2D eigenvalue weighted by molar-refractivity contribution is 0.0519. The first-order chi connectivity index (χ1) is 5.76. The Labute approximate surface area is 76.2 Å². The second-order valence-electron chi connectivity index (χ2n) is 4.38. The lowest BCUT2D eigenvalue weighted by atomic mass is 9.68.